The van der Waals surface area contributed by atoms with Crippen molar-refractivity contribution < 1.29 is 0 Å². The number of benzene rings is 3. The summed E-state index contributed by atoms with van der Waals surface area (Å²) in [6.45, 7) is 6.67. The van der Waals surface area contributed by atoms with Crippen LogP contribution in [0.2, 0.25) is 0 Å². The first-order chi connectivity index (χ1) is 16.1. The first-order valence-corrected chi connectivity index (χ1v) is 12.2. The SMILES string of the molecule is Cc1ccccc1-c1nccn1-c1c(C(C)C)cc(-c2ccccc2)cc1N1C=CSC=C1. The lowest BCUT2D eigenvalue weighted by atomic mass is 9.93. The molecule has 0 amide bonds. The minimum Gasteiger partial charge on any atom is -0.321 e. The highest BCUT2D eigenvalue weighted by molar-refractivity contribution is 8.04. The van der Waals surface area contributed by atoms with E-state index >= 15 is 0 Å². The second-order valence-corrected chi connectivity index (χ2v) is 9.32. The van der Waals surface area contributed by atoms with Gasteiger partial charge in [-0.25, -0.2) is 4.98 Å². The summed E-state index contributed by atoms with van der Waals surface area (Å²) < 4.78 is 2.26. The average molecular weight is 450 g/mol. The monoisotopic (exact) mass is 449 g/mol. The zero-order valence-electron chi connectivity index (χ0n) is 19.1. The number of hydrogen-bond acceptors (Lipinski definition) is 3. The van der Waals surface area contributed by atoms with E-state index in [0.29, 0.717) is 5.92 Å². The molecule has 0 bridgehead atoms. The van der Waals surface area contributed by atoms with E-state index in [1.54, 1.807) is 11.8 Å². The third-order valence-electron chi connectivity index (χ3n) is 5.99. The third-order valence-corrected chi connectivity index (χ3v) is 6.55. The molecule has 164 valence electrons. The Morgan fingerprint density at radius 2 is 1.58 bits per heavy atom. The molecule has 2 heterocycles. The lowest BCUT2D eigenvalue weighted by molar-refractivity contribution is 0.847. The van der Waals surface area contributed by atoms with Gasteiger partial charge in [0.2, 0.25) is 0 Å². The first kappa shape index (κ1) is 21.4. The molecule has 0 saturated carbocycles. The molecule has 0 unspecified atom stereocenters. The van der Waals surface area contributed by atoms with Gasteiger partial charge in [-0.15, -0.1) is 11.8 Å². The fraction of sp³-hybridized carbons (Fsp3) is 0.138. The molecule has 0 N–H and O–H groups in total. The highest BCUT2D eigenvalue weighted by Crippen LogP contribution is 2.40. The molecule has 33 heavy (non-hydrogen) atoms. The zero-order valence-corrected chi connectivity index (χ0v) is 20.0. The summed E-state index contributed by atoms with van der Waals surface area (Å²) in [6, 6.07) is 23.7. The molecule has 0 radical (unpaired) electrons. The lowest BCUT2D eigenvalue weighted by Gasteiger charge is -2.27. The Hall–Kier alpha value is -3.50. The Kier molecular flexibility index (Phi) is 5.93. The molecule has 3 aromatic carbocycles. The molecular weight excluding hydrogens is 422 g/mol. The number of nitrogens with zero attached hydrogens (tertiary/aromatic N) is 3. The molecule has 0 spiro atoms. The van der Waals surface area contributed by atoms with Gasteiger partial charge in [-0.2, -0.15) is 0 Å². The summed E-state index contributed by atoms with van der Waals surface area (Å²) in [5.41, 5.74) is 8.40. The van der Waals surface area contributed by atoms with Crippen molar-refractivity contribution in [3.05, 3.63) is 113 Å². The molecule has 0 fully saturated rings. The van der Waals surface area contributed by atoms with E-state index in [2.05, 4.69) is 126 Å². The van der Waals surface area contributed by atoms with Crippen molar-refractivity contribution in [3.63, 3.8) is 0 Å². The van der Waals surface area contributed by atoms with Gasteiger partial charge in [-0.1, -0.05) is 68.4 Å². The molecule has 0 atom stereocenters. The smallest absolute Gasteiger partial charge is 0.144 e. The van der Waals surface area contributed by atoms with Crippen molar-refractivity contribution >= 4 is 17.4 Å². The standard InChI is InChI=1S/C29H27N3S/c1-21(2)26-19-24(23-10-5-4-6-11-23)20-27(31-15-17-33-18-16-31)28(26)32-14-13-30-29(32)25-12-8-7-9-22(25)3/h4-21H,1-3H3. The number of thioether (sulfide) groups is 1. The summed E-state index contributed by atoms with van der Waals surface area (Å²) in [5.74, 6) is 1.30. The molecule has 4 aromatic rings. The number of hydrogen-bond donors (Lipinski definition) is 0. The fourth-order valence-corrected chi connectivity index (χ4v) is 4.80. The maximum absolute atomic E-state index is 4.80. The molecule has 1 aromatic heterocycles. The molecule has 3 nitrogen and oxygen atoms in total. The summed E-state index contributed by atoms with van der Waals surface area (Å²) in [4.78, 5) is 7.01. The van der Waals surface area contributed by atoms with Crippen molar-refractivity contribution in [1.82, 2.24) is 9.55 Å². The second-order valence-electron chi connectivity index (χ2n) is 8.50. The summed E-state index contributed by atoms with van der Waals surface area (Å²) in [5, 5.41) is 4.23. The normalized spacial score (nSPS) is 13.2. The van der Waals surface area contributed by atoms with Crippen LogP contribution in [0.5, 0.6) is 0 Å². The van der Waals surface area contributed by atoms with Gasteiger partial charge in [0.1, 0.15) is 5.82 Å². The first-order valence-electron chi connectivity index (χ1n) is 11.2. The minimum absolute atomic E-state index is 0.335. The van der Waals surface area contributed by atoms with Crippen molar-refractivity contribution in [2.75, 3.05) is 4.90 Å². The summed E-state index contributed by atoms with van der Waals surface area (Å²) in [7, 11) is 0. The van der Waals surface area contributed by atoms with Gasteiger partial charge in [0, 0.05) is 30.4 Å². The molecular formula is C29H27N3S. The van der Waals surface area contributed by atoms with Crippen LogP contribution < -0.4 is 4.90 Å². The minimum atomic E-state index is 0.335. The Bertz CT molecular complexity index is 1320. The summed E-state index contributed by atoms with van der Waals surface area (Å²) in [6.07, 6.45) is 8.25. The van der Waals surface area contributed by atoms with Crippen molar-refractivity contribution in [1.29, 1.82) is 0 Å². The highest BCUT2D eigenvalue weighted by Gasteiger charge is 2.22. The molecule has 1 aliphatic rings. The molecule has 4 heteroatoms. The van der Waals surface area contributed by atoms with Gasteiger partial charge in [0.25, 0.3) is 0 Å². The zero-order chi connectivity index (χ0) is 22.8. The van der Waals surface area contributed by atoms with E-state index in [0.717, 1.165) is 17.1 Å². The van der Waals surface area contributed by atoms with Gasteiger partial charge in [0.15, 0.2) is 0 Å². The van der Waals surface area contributed by atoms with Crippen LogP contribution in [-0.2, 0) is 0 Å². The second kappa shape index (κ2) is 9.16. The van der Waals surface area contributed by atoms with Crippen molar-refractivity contribution in [2.45, 2.75) is 26.7 Å². The van der Waals surface area contributed by atoms with E-state index in [1.807, 2.05) is 6.20 Å². The average Bonchev–Trinajstić information content (AvgIpc) is 3.34. The summed E-state index contributed by atoms with van der Waals surface area (Å²) >= 11 is 1.69. The van der Waals surface area contributed by atoms with E-state index in [1.165, 1.54) is 27.9 Å². The Labute approximate surface area is 200 Å². The maximum Gasteiger partial charge on any atom is 0.144 e. The van der Waals surface area contributed by atoms with Gasteiger partial charge >= 0.3 is 0 Å². The van der Waals surface area contributed by atoms with Crippen LogP contribution in [0.1, 0.15) is 30.9 Å². The van der Waals surface area contributed by atoms with Crippen molar-refractivity contribution in [3.8, 4) is 28.2 Å². The van der Waals surface area contributed by atoms with E-state index < -0.39 is 0 Å². The Morgan fingerprint density at radius 1 is 0.848 bits per heavy atom. The number of aryl methyl sites for hydroxylation is 1. The van der Waals surface area contributed by atoms with Crippen LogP contribution in [0.15, 0.2) is 102 Å². The van der Waals surface area contributed by atoms with Crippen LogP contribution in [0.4, 0.5) is 5.69 Å². The number of rotatable bonds is 5. The van der Waals surface area contributed by atoms with E-state index in [-0.39, 0.29) is 0 Å². The van der Waals surface area contributed by atoms with Crippen LogP contribution in [0.3, 0.4) is 0 Å². The highest BCUT2D eigenvalue weighted by atomic mass is 32.2. The lowest BCUT2D eigenvalue weighted by Crippen LogP contribution is -2.14. The van der Waals surface area contributed by atoms with Crippen LogP contribution in [-0.4, -0.2) is 9.55 Å². The topological polar surface area (TPSA) is 21.1 Å². The molecule has 5 rings (SSSR count). The molecule has 1 aliphatic heterocycles. The maximum atomic E-state index is 4.80. The predicted octanol–water partition coefficient (Wildman–Crippen LogP) is 8.13. The van der Waals surface area contributed by atoms with Crippen LogP contribution in [0, 0.1) is 6.92 Å². The van der Waals surface area contributed by atoms with Gasteiger partial charge in [0.05, 0.1) is 11.4 Å². The van der Waals surface area contributed by atoms with E-state index in [4.69, 9.17) is 4.98 Å². The van der Waals surface area contributed by atoms with E-state index in [9.17, 15) is 0 Å². The Balaban J connectivity index is 1.80. The van der Waals surface area contributed by atoms with Gasteiger partial charge in [-0.05, 0) is 58.0 Å². The predicted molar refractivity (Wildman–Crippen MR) is 142 cm³/mol. The third kappa shape index (κ3) is 4.14. The van der Waals surface area contributed by atoms with Crippen molar-refractivity contribution in [2.24, 2.45) is 0 Å². The largest absolute Gasteiger partial charge is 0.321 e. The quantitative estimate of drug-likeness (QED) is 0.307. The van der Waals surface area contributed by atoms with Gasteiger partial charge in [-0.3, -0.25) is 4.57 Å². The van der Waals surface area contributed by atoms with Gasteiger partial charge < -0.3 is 4.90 Å². The fourth-order valence-electron chi connectivity index (χ4n) is 4.30. The van der Waals surface area contributed by atoms with Crippen LogP contribution in [0.25, 0.3) is 28.2 Å². The molecule has 0 saturated heterocycles. The number of anilines is 1. The Morgan fingerprint density at radius 3 is 2.30 bits per heavy atom. The van der Waals surface area contributed by atoms with Crippen LogP contribution >= 0.6 is 11.8 Å². The number of aromatic nitrogens is 2. The molecule has 0 aliphatic carbocycles. The number of imidazole rings is 1.